The lowest BCUT2D eigenvalue weighted by Crippen LogP contribution is -2.25. The summed E-state index contributed by atoms with van der Waals surface area (Å²) in [5.41, 5.74) is 7.86. The van der Waals surface area contributed by atoms with Gasteiger partial charge in [-0.05, 0) is 60.2 Å². The predicted octanol–water partition coefficient (Wildman–Crippen LogP) is 4.89. The number of benzene rings is 2. The van der Waals surface area contributed by atoms with Gasteiger partial charge in [-0.15, -0.1) is 10.2 Å². The molecule has 1 N–H and O–H groups in total. The van der Waals surface area contributed by atoms with Crippen molar-refractivity contribution in [2.75, 3.05) is 0 Å². The van der Waals surface area contributed by atoms with E-state index in [1.807, 2.05) is 33.5 Å². The number of aromatic amines is 1. The Morgan fingerprint density at radius 2 is 1.75 bits per heavy atom. The first-order valence-corrected chi connectivity index (χ1v) is 12.2. The van der Waals surface area contributed by atoms with Crippen LogP contribution >= 0.6 is 0 Å². The molecule has 8 nitrogen and oxygen atoms in total. The number of hydrogen-bond donors (Lipinski definition) is 1. The zero-order valence-corrected chi connectivity index (χ0v) is 20.8. The molecule has 0 bridgehead atoms. The third-order valence-corrected chi connectivity index (χ3v) is 6.50. The van der Waals surface area contributed by atoms with E-state index in [-0.39, 0.29) is 5.69 Å². The molecule has 3 heterocycles. The molecule has 5 rings (SSSR count). The van der Waals surface area contributed by atoms with Crippen LogP contribution < -0.4 is 5.69 Å². The predicted molar refractivity (Wildman–Crippen MR) is 140 cm³/mol. The average molecular weight is 480 g/mol. The van der Waals surface area contributed by atoms with Crippen LogP contribution in [0.5, 0.6) is 0 Å². The maximum atomic E-state index is 13.6. The standard InChI is InChI=1S/C28H29N7O/c1-4-5-10-23-18-35(26-19(2)8-6-9-20(26)3)28(36)34(23)17-21-12-14-22(15-13-21)24-11-7-16-29-25(24)27-30-32-33-31-27/h6-9,11-16,18H,4-5,10,17H2,1-3H3,(H,30,31,32,33). The summed E-state index contributed by atoms with van der Waals surface area (Å²) < 4.78 is 3.72. The fourth-order valence-corrected chi connectivity index (χ4v) is 4.65. The van der Waals surface area contributed by atoms with E-state index in [1.54, 1.807) is 6.20 Å². The van der Waals surface area contributed by atoms with Crippen LogP contribution in [0.2, 0.25) is 0 Å². The van der Waals surface area contributed by atoms with E-state index in [0.717, 1.165) is 58.5 Å². The number of nitrogens with one attached hydrogen (secondary N) is 1. The van der Waals surface area contributed by atoms with Gasteiger partial charge in [-0.25, -0.2) is 4.79 Å². The van der Waals surface area contributed by atoms with E-state index in [2.05, 4.69) is 82.8 Å². The van der Waals surface area contributed by atoms with E-state index < -0.39 is 0 Å². The molecule has 0 unspecified atom stereocenters. The molecule has 3 aromatic heterocycles. The summed E-state index contributed by atoms with van der Waals surface area (Å²) in [6.45, 7) is 6.79. The lowest BCUT2D eigenvalue weighted by molar-refractivity contribution is 0.673. The van der Waals surface area contributed by atoms with Crippen LogP contribution in [0.3, 0.4) is 0 Å². The van der Waals surface area contributed by atoms with Gasteiger partial charge in [-0.1, -0.05) is 61.9 Å². The lowest BCUT2D eigenvalue weighted by atomic mass is 10.0. The number of hydrogen-bond acceptors (Lipinski definition) is 5. The Labute approximate surface area is 209 Å². The van der Waals surface area contributed by atoms with Crippen molar-refractivity contribution in [1.29, 1.82) is 0 Å². The smallest absolute Gasteiger partial charge is 0.292 e. The molecular formula is C28H29N7O. The van der Waals surface area contributed by atoms with Crippen molar-refractivity contribution in [2.45, 2.75) is 46.6 Å². The molecular weight excluding hydrogens is 450 g/mol. The van der Waals surface area contributed by atoms with Gasteiger partial charge < -0.3 is 0 Å². The van der Waals surface area contributed by atoms with Gasteiger partial charge in [0.05, 0.1) is 12.2 Å². The van der Waals surface area contributed by atoms with Crippen molar-refractivity contribution >= 4 is 0 Å². The Bertz CT molecular complexity index is 1510. The monoisotopic (exact) mass is 479 g/mol. The van der Waals surface area contributed by atoms with Gasteiger partial charge in [-0.3, -0.25) is 14.1 Å². The minimum atomic E-state index is -0.00534. The number of tetrazole rings is 1. The number of imidazole rings is 1. The molecule has 0 saturated carbocycles. The Morgan fingerprint density at radius 3 is 2.44 bits per heavy atom. The average Bonchev–Trinajstić information content (AvgIpc) is 3.53. The second-order valence-electron chi connectivity index (χ2n) is 9.04. The largest absolute Gasteiger partial charge is 0.333 e. The third-order valence-electron chi connectivity index (χ3n) is 6.50. The van der Waals surface area contributed by atoms with Crippen molar-refractivity contribution in [2.24, 2.45) is 0 Å². The number of aromatic nitrogens is 7. The summed E-state index contributed by atoms with van der Waals surface area (Å²) in [6.07, 6.45) is 6.72. The number of para-hydroxylation sites is 1. The van der Waals surface area contributed by atoms with E-state index in [4.69, 9.17) is 0 Å². The second-order valence-corrected chi connectivity index (χ2v) is 9.04. The molecule has 0 aliphatic heterocycles. The molecule has 36 heavy (non-hydrogen) atoms. The van der Waals surface area contributed by atoms with Gasteiger partial charge >= 0.3 is 5.69 Å². The summed E-state index contributed by atoms with van der Waals surface area (Å²) in [5, 5.41) is 14.3. The van der Waals surface area contributed by atoms with Crippen molar-refractivity contribution in [3.8, 4) is 28.3 Å². The van der Waals surface area contributed by atoms with Gasteiger partial charge in [0.15, 0.2) is 0 Å². The first-order valence-electron chi connectivity index (χ1n) is 12.2. The maximum absolute atomic E-state index is 13.6. The highest BCUT2D eigenvalue weighted by Gasteiger charge is 2.16. The van der Waals surface area contributed by atoms with Crippen LogP contribution in [-0.2, 0) is 13.0 Å². The summed E-state index contributed by atoms with van der Waals surface area (Å²) in [4.78, 5) is 18.1. The molecule has 5 aromatic rings. The molecule has 0 radical (unpaired) electrons. The first-order chi connectivity index (χ1) is 17.6. The molecule has 0 fully saturated rings. The highest BCUT2D eigenvalue weighted by Crippen LogP contribution is 2.28. The van der Waals surface area contributed by atoms with Crippen molar-refractivity contribution in [3.63, 3.8) is 0 Å². The van der Waals surface area contributed by atoms with Gasteiger partial charge in [0, 0.05) is 23.7 Å². The summed E-state index contributed by atoms with van der Waals surface area (Å²) in [5.74, 6) is 0.453. The number of H-pyrrole nitrogens is 1. The fraction of sp³-hybridized carbons (Fsp3) is 0.250. The quantitative estimate of drug-likeness (QED) is 0.342. The van der Waals surface area contributed by atoms with Crippen molar-refractivity contribution in [3.05, 3.63) is 99.9 Å². The number of nitrogens with zero attached hydrogens (tertiary/aromatic N) is 6. The molecule has 0 spiro atoms. The van der Waals surface area contributed by atoms with Crippen LogP contribution in [0.1, 0.15) is 42.1 Å². The second kappa shape index (κ2) is 10.1. The van der Waals surface area contributed by atoms with Gasteiger partial charge in [0.1, 0.15) is 5.69 Å². The van der Waals surface area contributed by atoms with Crippen LogP contribution in [0, 0.1) is 13.8 Å². The molecule has 2 aromatic carbocycles. The zero-order chi connectivity index (χ0) is 25.1. The van der Waals surface area contributed by atoms with Crippen LogP contribution in [0.15, 0.2) is 71.8 Å². The van der Waals surface area contributed by atoms with E-state index >= 15 is 0 Å². The molecule has 0 saturated heterocycles. The van der Waals surface area contributed by atoms with Crippen molar-refractivity contribution in [1.82, 2.24) is 34.7 Å². The molecule has 0 aliphatic carbocycles. The summed E-state index contributed by atoms with van der Waals surface area (Å²) >= 11 is 0. The van der Waals surface area contributed by atoms with E-state index in [1.165, 1.54) is 0 Å². The summed E-state index contributed by atoms with van der Waals surface area (Å²) in [6, 6.07) is 18.2. The molecule has 8 heteroatoms. The normalized spacial score (nSPS) is 11.2. The van der Waals surface area contributed by atoms with Gasteiger partial charge in [0.2, 0.25) is 5.82 Å². The van der Waals surface area contributed by atoms with Crippen molar-refractivity contribution < 1.29 is 0 Å². The first kappa shape index (κ1) is 23.4. The molecule has 0 amide bonds. The highest BCUT2D eigenvalue weighted by atomic mass is 16.1. The SMILES string of the molecule is CCCCc1cn(-c2c(C)cccc2C)c(=O)n1Cc1ccc(-c2cccnc2-c2nn[nH]n2)cc1. The minimum Gasteiger partial charge on any atom is -0.292 e. The molecule has 182 valence electrons. The highest BCUT2D eigenvalue weighted by molar-refractivity contribution is 5.77. The molecule has 0 aliphatic rings. The zero-order valence-electron chi connectivity index (χ0n) is 20.8. The number of pyridine rings is 1. The Balaban J connectivity index is 1.49. The van der Waals surface area contributed by atoms with E-state index in [9.17, 15) is 4.79 Å². The number of rotatable bonds is 8. The Morgan fingerprint density at radius 1 is 0.972 bits per heavy atom. The van der Waals surface area contributed by atoms with Crippen LogP contribution in [0.4, 0.5) is 0 Å². The van der Waals surface area contributed by atoms with Gasteiger partial charge in [-0.2, -0.15) is 5.21 Å². The summed E-state index contributed by atoms with van der Waals surface area (Å²) in [7, 11) is 0. The number of unbranched alkanes of at least 4 members (excludes halogenated alkanes) is 1. The van der Waals surface area contributed by atoms with E-state index in [0.29, 0.717) is 18.1 Å². The van der Waals surface area contributed by atoms with Gasteiger partial charge in [0.25, 0.3) is 0 Å². The fourth-order valence-electron chi connectivity index (χ4n) is 4.65. The lowest BCUT2D eigenvalue weighted by Gasteiger charge is -2.10. The van der Waals surface area contributed by atoms with Crippen LogP contribution in [-0.4, -0.2) is 34.7 Å². The molecule has 0 atom stereocenters. The Kier molecular flexibility index (Phi) is 6.58. The minimum absolute atomic E-state index is 0.00534. The number of aryl methyl sites for hydroxylation is 3. The third kappa shape index (κ3) is 4.49. The maximum Gasteiger partial charge on any atom is 0.333 e. The van der Waals surface area contributed by atoms with Crippen LogP contribution in [0.25, 0.3) is 28.3 Å². The Hall–Kier alpha value is -4.33. The topological polar surface area (TPSA) is 94.3 Å².